The summed E-state index contributed by atoms with van der Waals surface area (Å²) in [5.41, 5.74) is 8.40. The summed E-state index contributed by atoms with van der Waals surface area (Å²) in [6, 6.07) is 22.5. The van der Waals surface area contributed by atoms with Gasteiger partial charge in [0.15, 0.2) is 11.6 Å². The molecular weight excluding hydrogens is 1610 g/mol. The Hall–Kier alpha value is -11.6. The predicted octanol–water partition coefficient (Wildman–Crippen LogP) is 8.37. The zero-order valence-electron chi connectivity index (χ0n) is 66.9. The summed E-state index contributed by atoms with van der Waals surface area (Å²) in [6.45, 7) is 9.81. The van der Waals surface area contributed by atoms with Crippen LogP contribution in [0.25, 0.3) is 0 Å². The van der Waals surface area contributed by atoms with Crippen LogP contribution in [0.15, 0.2) is 91.5 Å². The number of carbonyl (C=O) groups excluding carboxylic acids is 7. The Kier molecular flexibility index (Phi) is 44.8. The smallest absolute Gasteiger partial charge is 0.356 e. The molecule has 42 heteroatoms. The second kappa shape index (κ2) is 54.4. The number of carbonyl (C=O) groups is 5. The van der Waals surface area contributed by atoms with Crippen LogP contribution in [0.3, 0.4) is 0 Å². The van der Waals surface area contributed by atoms with Gasteiger partial charge in [-0.15, -0.1) is 25.3 Å². The van der Waals surface area contributed by atoms with Crippen molar-refractivity contribution in [3.8, 4) is 12.1 Å². The molecule has 4 aliphatic rings. The van der Waals surface area contributed by atoms with Gasteiger partial charge in [0.2, 0.25) is 35.4 Å². The first kappa shape index (κ1) is 98.0. The minimum absolute atomic E-state index is 0.00665. The van der Waals surface area contributed by atoms with E-state index in [9.17, 15) is 54.7 Å². The molecule has 33 nitrogen and oxygen atoms in total. The number of Topliss-reactive ketones (excluding diaryl/α,β-unsaturated/α-hetero) is 2. The minimum atomic E-state index is -4.74. The Bertz CT molecular complexity index is 4470. The maximum absolute atomic E-state index is 14.0. The average molecular weight is 1710 g/mol. The van der Waals surface area contributed by atoms with Crippen LogP contribution in [-0.2, 0) is 75.2 Å². The zero-order valence-corrected chi connectivity index (χ0v) is 67.5. The summed E-state index contributed by atoms with van der Waals surface area (Å²) in [4.78, 5) is 119. The predicted molar refractivity (Wildman–Crippen MR) is 422 cm³/mol. The van der Waals surface area contributed by atoms with Gasteiger partial charge in [-0.2, -0.15) is 46.5 Å². The van der Waals surface area contributed by atoms with Gasteiger partial charge in [-0.1, -0.05) is 31.2 Å². The van der Waals surface area contributed by atoms with E-state index in [0.717, 1.165) is 62.6 Å². The number of piperidine rings is 2. The van der Waals surface area contributed by atoms with Crippen LogP contribution in [0.1, 0.15) is 175 Å². The summed E-state index contributed by atoms with van der Waals surface area (Å²) in [7, 11) is -7.22. The number of nitrogens with two attached hydrogens (primary N) is 1. The van der Waals surface area contributed by atoms with Crippen molar-refractivity contribution in [3.63, 3.8) is 0 Å². The number of ketones is 2. The van der Waals surface area contributed by atoms with Crippen molar-refractivity contribution in [2.45, 2.75) is 167 Å². The fraction of sp³-hybridized carbons (Fsp3) is 0.532. The molecule has 4 fully saturated rings. The third-order valence-electron chi connectivity index (χ3n) is 18.9. The average Bonchev–Trinajstić information content (AvgIpc) is 1.55. The van der Waals surface area contributed by atoms with Crippen molar-refractivity contribution in [1.29, 1.82) is 10.5 Å². The van der Waals surface area contributed by atoms with Crippen molar-refractivity contribution in [2.75, 3.05) is 116 Å². The first-order chi connectivity index (χ1) is 57.4. The number of hydrogen-bond acceptors (Lipinski definition) is 30. The first-order valence-corrected chi connectivity index (χ1v) is 40.4. The van der Waals surface area contributed by atoms with Crippen molar-refractivity contribution in [3.05, 3.63) is 131 Å². The van der Waals surface area contributed by atoms with Gasteiger partial charge in [-0.05, 0) is 169 Å². The highest BCUT2D eigenvalue weighted by Crippen LogP contribution is 2.38. The minimum Gasteiger partial charge on any atom is -0.356 e. The van der Waals surface area contributed by atoms with E-state index in [0.29, 0.717) is 196 Å². The van der Waals surface area contributed by atoms with E-state index in [1.807, 2.05) is 47.9 Å². The van der Waals surface area contributed by atoms with Crippen molar-refractivity contribution in [2.24, 2.45) is 17.6 Å². The number of benzene rings is 2. The molecule has 0 radical (unpaired) electrons. The molecule has 4 saturated heterocycles. The van der Waals surface area contributed by atoms with Gasteiger partial charge in [0.1, 0.15) is 23.3 Å². The van der Waals surface area contributed by atoms with Gasteiger partial charge in [-0.3, -0.25) is 28.4 Å². The summed E-state index contributed by atoms with van der Waals surface area (Å²) in [5.74, 6) is -0.492. The van der Waals surface area contributed by atoms with Gasteiger partial charge < -0.3 is 51.9 Å². The lowest BCUT2D eigenvalue weighted by Crippen LogP contribution is -2.38. The molecule has 2 aromatic carbocycles. The molecule has 119 heavy (non-hydrogen) atoms. The largest absolute Gasteiger partial charge is 0.451 e. The number of nitriles is 2. The number of nitrogens with one attached hydrogen (secondary N) is 5. The molecule has 8 heterocycles. The number of rotatable bonds is 32. The fourth-order valence-electron chi connectivity index (χ4n) is 13.3. The molecule has 10 rings (SSSR count). The molecule has 7 N–H and O–H groups in total. The number of amides is 3. The van der Waals surface area contributed by atoms with E-state index >= 15 is 0 Å². The van der Waals surface area contributed by atoms with Crippen LogP contribution >= 0.6 is 0 Å². The number of nitrogens with zero attached hydrogens (tertiary/aromatic N) is 14. The molecule has 6 aromatic rings. The zero-order chi connectivity index (χ0) is 88.4. The number of anilines is 6. The van der Waals surface area contributed by atoms with E-state index in [2.05, 4.69) is 78.6 Å². The van der Waals surface area contributed by atoms with Crippen molar-refractivity contribution >= 4 is 91.8 Å². The highest BCUT2D eigenvalue weighted by atomic mass is 32.2. The molecule has 0 aliphatic carbocycles. The van der Waals surface area contributed by atoms with E-state index in [-0.39, 0.29) is 58.7 Å². The molecule has 0 saturated carbocycles. The number of halogens is 7. The third-order valence-corrected chi connectivity index (χ3v) is 18.9. The number of alkyl halides is 7. The van der Waals surface area contributed by atoms with E-state index in [1.165, 1.54) is 12.4 Å². The normalized spacial score (nSPS) is 15.0. The molecule has 3 amide bonds. The van der Waals surface area contributed by atoms with Crippen LogP contribution in [-0.4, -0.2) is 198 Å². The standard InChI is InChI=1S/C38H47F3N10O3.C35H42F3N9O2.C2H7N.CH3F.CO2.2O3S/c1-2-43-35(54)29-24-46-37(47-25-29)45-18-17-44-34(53)10-4-7-27-15-20-50(21-16-27)32-22-33(49-36(48-32)38(39,40)41)51-19-5-8-30(51)31(52)9-3-6-26-11-13-28(23-42)14-12-26;36-35(37,38)33-44-30(46-21-14-26(15-22-46)6-2-9-32(49)40-18-19-43-34-41-16-4-17-42-34)23-31(45-33)47-20-3-7-28(47)29(48)8-1-5-25-10-12-27(24-39)13-11-25;1-2-3;1-2;2-1-3;2*1-4(2)3/h11-14,22,24-25,27,30H,2-10,15-21H2,1H3,(H,43,54)(H,44,53)(H,45,46,47);4,10-13,16-17,23,26,28H,1-3,5-9,14-15,18-22H2,(H,40,49)(H,41,42,43);2-3H2,1H3;1H3;;;/t30-;28-;;;;;/m00...../s1/i;;;1D;;;. The fourth-order valence-corrected chi connectivity index (χ4v) is 13.3. The topological polar surface area (TPSA) is 472 Å². The summed E-state index contributed by atoms with van der Waals surface area (Å²) >= 11 is 0. The Labute approximate surface area is 689 Å². The molecular formula is C77H99F7N20O13S2. The lowest BCUT2D eigenvalue weighted by molar-refractivity contribution is -0.192. The third kappa shape index (κ3) is 37.7. The van der Waals surface area contributed by atoms with Crippen molar-refractivity contribution in [1.82, 2.24) is 55.8 Å². The monoisotopic (exact) mass is 1710 g/mol. The molecule has 0 bridgehead atoms. The van der Waals surface area contributed by atoms with Crippen LogP contribution in [0, 0.1) is 34.5 Å². The lowest BCUT2D eigenvalue weighted by atomic mass is 9.91. The van der Waals surface area contributed by atoms with Crippen LogP contribution < -0.4 is 51.9 Å². The lowest BCUT2D eigenvalue weighted by Gasteiger charge is -2.34. The summed E-state index contributed by atoms with van der Waals surface area (Å²) < 4.78 is 150. The second-order valence-electron chi connectivity index (χ2n) is 27.1. The molecule has 646 valence electrons. The quantitative estimate of drug-likeness (QED) is 0.0170. The van der Waals surface area contributed by atoms with Crippen LogP contribution in [0.4, 0.5) is 65.9 Å². The molecule has 2 atom stereocenters. The number of aromatic nitrogens is 8. The van der Waals surface area contributed by atoms with Crippen LogP contribution in [0.2, 0.25) is 0 Å². The Balaban J connectivity index is 0.000000425. The molecule has 0 unspecified atom stereocenters. The van der Waals surface area contributed by atoms with E-state index in [1.54, 1.807) is 64.7 Å². The maximum atomic E-state index is 14.0. The number of hydrogen-bond donors (Lipinski definition) is 6. The molecule has 4 aliphatic heterocycles. The summed E-state index contributed by atoms with van der Waals surface area (Å²) in [5, 5.41) is 32.5. The second-order valence-corrected chi connectivity index (χ2v) is 27.9. The Morgan fingerprint density at radius 1 is 0.538 bits per heavy atom. The molecule has 4 aromatic heterocycles. The SMILES string of the molecule is CCN.CCNC(=O)c1cnc(NCCNC(=O)CCCC2CCN(c3cc(N4CCC[C@H]4C(=O)CCCc4ccc(C#N)cc4)nc(C(F)(F)F)n3)CC2)nc1.N#Cc1ccc(CCCC(=O)[C@@H]2CCCN2c2cc(N3CCC(CCCC(=O)NCCNc4ncccn4)CC3)nc(C(F)(F)F)n2)cc1.O=C=O.O=S(=O)=O.O=S(=O)=O.[2H]CF. The highest BCUT2D eigenvalue weighted by molar-refractivity contribution is 7.59. The maximum Gasteiger partial charge on any atom is 0.451 e. The van der Waals surface area contributed by atoms with Gasteiger partial charge >= 0.3 is 39.7 Å². The number of aryl methyl sites for hydroxylation is 2. The van der Waals surface area contributed by atoms with Crippen LogP contribution in [0.5, 0.6) is 0 Å². The van der Waals surface area contributed by atoms with E-state index in [4.69, 9.17) is 52.5 Å². The Morgan fingerprint density at radius 3 is 1.24 bits per heavy atom. The van der Waals surface area contributed by atoms with Gasteiger partial charge in [0.25, 0.3) is 5.91 Å². The summed E-state index contributed by atoms with van der Waals surface area (Å²) in [6.07, 6.45) is 9.58. The Morgan fingerprint density at radius 2 is 0.891 bits per heavy atom. The van der Waals surface area contributed by atoms with Gasteiger partial charge in [-0.25, -0.2) is 39.9 Å². The van der Waals surface area contributed by atoms with Crippen molar-refractivity contribution < 1.29 is 90.9 Å². The first-order valence-electron chi connectivity index (χ1n) is 39.1. The van der Waals surface area contributed by atoms with Gasteiger partial charge in [0, 0.05) is 135 Å². The highest BCUT2D eigenvalue weighted by Gasteiger charge is 2.41. The molecule has 0 spiro atoms. The van der Waals surface area contributed by atoms with Gasteiger partial charge in [0.05, 0.1) is 49.4 Å². The van der Waals surface area contributed by atoms with E-state index < -0.39 is 64.5 Å².